The second kappa shape index (κ2) is 9.49. The molecule has 0 spiro atoms. The van der Waals surface area contributed by atoms with Gasteiger partial charge in [0.05, 0.1) is 11.4 Å². The van der Waals surface area contributed by atoms with Crippen molar-refractivity contribution >= 4 is 5.91 Å². The number of benzene rings is 1. The number of rotatable bonds is 7. The van der Waals surface area contributed by atoms with Gasteiger partial charge in [-0.2, -0.15) is 0 Å². The number of hydrogen-bond acceptors (Lipinski definition) is 5. The summed E-state index contributed by atoms with van der Waals surface area (Å²) in [5.41, 5.74) is 2.99. The van der Waals surface area contributed by atoms with E-state index in [4.69, 9.17) is 9.72 Å². The van der Waals surface area contributed by atoms with Gasteiger partial charge in [-0.1, -0.05) is 24.3 Å². The Morgan fingerprint density at radius 3 is 2.72 bits per heavy atom. The first-order chi connectivity index (χ1) is 15.5. The molecule has 1 saturated heterocycles. The molecule has 32 heavy (non-hydrogen) atoms. The number of ether oxygens (including phenoxy) is 1. The van der Waals surface area contributed by atoms with Crippen molar-refractivity contribution in [1.29, 1.82) is 0 Å². The molecule has 4 rings (SSSR count). The van der Waals surface area contributed by atoms with Gasteiger partial charge in [0.25, 0.3) is 0 Å². The third-order valence-electron chi connectivity index (χ3n) is 5.96. The standard InChI is InChI=1S/C26H30N4O2/c1-20-9-6-13-24(28-20)26(25(31)29(2)3)14-8-16-30(26)18-21-10-7-12-23(17-21)32-19-22-11-4-5-15-27-22/h4-7,9-13,15,17H,8,14,16,18-19H2,1-3H3/t26-/m1/s1. The Morgan fingerprint density at radius 2 is 1.97 bits per heavy atom. The number of nitrogens with zero attached hydrogens (tertiary/aromatic N) is 4. The summed E-state index contributed by atoms with van der Waals surface area (Å²) in [4.78, 5) is 26.6. The Balaban J connectivity index is 1.59. The van der Waals surface area contributed by atoms with Crippen LogP contribution in [0.3, 0.4) is 0 Å². The van der Waals surface area contributed by atoms with Crippen LogP contribution in [0.15, 0.2) is 66.9 Å². The second-order valence-corrected chi connectivity index (χ2v) is 8.51. The van der Waals surface area contributed by atoms with Crippen molar-refractivity contribution in [3.8, 4) is 5.75 Å². The van der Waals surface area contributed by atoms with Gasteiger partial charge < -0.3 is 9.64 Å². The van der Waals surface area contributed by atoms with Crippen molar-refractivity contribution in [2.45, 2.75) is 38.5 Å². The molecule has 0 unspecified atom stereocenters. The molecule has 1 amide bonds. The molecule has 1 aliphatic heterocycles. The lowest BCUT2D eigenvalue weighted by Crippen LogP contribution is -2.52. The van der Waals surface area contributed by atoms with E-state index in [0.717, 1.165) is 47.8 Å². The number of aryl methyl sites for hydroxylation is 1. The average Bonchev–Trinajstić information content (AvgIpc) is 3.22. The summed E-state index contributed by atoms with van der Waals surface area (Å²) in [6, 6.07) is 19.8. The van der Waals surface area contributed by atoms with Crippen molar-refractivity contribution < 1.29 is 9.53 Å². The van der Waals surface area contributed by atoms with Crippen molar-refractivity contribution in [1.82, 2.24) is 19.8 Å². The van der Waals surface area contributed by atoms with Crippen LogP contribution in [0.4, 0.5) is 0 Å². The summed E-state index contributed by atoms with van der Waals surface area (Å²) in [7, 11) is 3.64. The Morgan fingerprint density at radius 1 is 1.12 bits per heavy atom. The van der Waals surface area contributed by atoms with Crippen molar-refractivity contribution in [2.75, 3.05) is 20.6 Å². The van der Waals surface area contributed by atoms with Gasteiger partial charge >= 0.3 is 0 Å². The molecule has 0 aliphatic carbocycles. The molecular formula is C26H30N4O2. The molecule has 1 aliphatic rings. The van der Waals surface area contributed by atoms with Crippen LogP contribution in [0, 0.1) is 6.92 Å². The van der Waals surface area contributed by atoms with Gasteiger partial charge in [0.15, 0.2) is 0 Å². The lowest BCUT2D eigenvalue weighted by Gasteiger charge is -2.38. The van der Waals surface area contributed by atoms with Gasteiger partial charge in [0.2, 0.25) is 5.91 Å². The zero-order valence-electron chi connectivity index (χ0n) is 19.0. The number of likely N-dealkylation sites (N-methyl/N-ethyl adjacent to an activating group) is 1. The van der Waals surface area contributed by atoms with Crippen LogP contribution in [0.25, 0.3) is 0 Å². The summed E-state index contributed by atoms with van der Waals surface area (Å²) >= 11 is 0. The van der Waals surface area contributed by atoms with Crippen LogP contribution in [0.2, 0.25) is 0 Å². The SMILES string of the molecule is Cc1cccc([C@@]2(C(=O)N(C)C)CCCN2Cc2cccc(OCc3ccccn3)c2)n1. The fourth-order valence-electron chi connectivity index (χ4n) is 4.47. The molecule has 0 N–H and O–H groups in total. The maximum atomic E-state index is 13.5. The largest absolute Gasteiger partial charge is 0.487 e. The van der Waals surface area contributed by atoms with E-state index >= 15 is 0 Å². The summed E-state index contributed by atoms with van der Waals surface area (Å²) in [5.74, 6) is 0.876. The van der Waals surface area contributed by atoms with E-state index in [1.54, 1.807) is 11.1 Å². The van der Waals surface area contributed by atoms with E-state index in [2.05, 4.69) is 22.0 Å². The van der Waals surface area contributed by atoms with E-state index in [0.29, 0.717) is 13.2 Å². The van der Waals surface area contributed by atoms with Gasteiger partial charge in [-0.25, -0.2) is 0 Å². The third-order valence-corrected chi connectivity index (χ3v) is 5.96. The van der Waals surface area contributed by atoms with E-state index in [1.165, 1.54) is 0 Å². The zero-order chi connectivity index (χ0) is 22.6. The van der Waals surface area contributed by atoms with Crippen molar-refractivity contribution in [3.05, 3.63) is 89.5 Å². The van der Waals surface area contributed by atoms with Gasteiger partial charge in [-0.05, 0) is 68.3 Å². The van der Waals surface area contributed by atoms with Crippen LogP contribution >= 0.6 is 0 Å². The molecule has 1 atom stereocenters. The number of carbonyl (C=O) groups is 1. The second-order valence-electron chi connectivity index (χ2n) is 8.51. The molecular weight excluding hydrogens is 400 g/mol. The minimum absolute atomic E-state index is 0.0793. The molecule has 0 saturated carbocycles. The Labute approximate surface area is 189 Å². The molecule has 3 aromatic rings. The van der Waals surface area contributed by atoms with E-state index in [1.807, 2.05) is 69.6 Å². The first-order valence-electron chi connectivity index (χ1n) is 11.0. The number of amides is 1. The van der Waals surface area contributed by atoms with Crippen LogP contribution in [0.1, 0.15) is 35.5 Å². The summed E-state index contributed by atoms with van der Waals surface area (Å²) < 4.78 is 5.97. The van der Waals surface area contributed by atoms with E-state index < -0.39 is 5.54 Å². The highest BCUT2D eigenvalue weighted by atomic mass is 16.5. The zero-order valence-corrected chi connectivity index (χ0v) is 19.0. The topological polar surface area (TPSA) is 58.6 Å². The maximum absolute atomic E-state index is 13.5. The molecule has 6 nitrogen and oxygen atoms in total. The average molecular weight is 431 g/mol. The van der Waals surface area contributed by atoms with Crippen LogP contribution in [0.5, 0.6) is 5.75 Å². The predicted molar refractivity (Wildman–Crippen MR) is 124 cm³/mol. The first-order valence-corrected chi connectivity index (χ1v) is 11.0. The number of hydrogen-bond donors (Lipinski definition) is 0. The Bertz CT molecular complexity index is 1070. The van der Waals surface area contributed by atoms with Crippen LogP contribution in [-0.4, -0.2) is 46.3 Å². The van der Waals surface area contributed by atoms with Gasteiger partial charge in [0, 0.05) is 32.5 Å². The van der Waals surface area contributed by atoms with Gasteiger partial charge in [0.1, 0.15) is 17.9 Å². The number of carbonyl (C=O) groups excluding carboxylic acids is 1. The molecule has 0 bridgehead atoms. The Kier molecular flexibility index (Phi) is 6.51. The summed E-state index contributed by atoms with van der Waals surface area (Å²) in [6.07, 6.45) is 3.48. The number of pyridine rings is 2. The lowest BCUT2D eigenvalue weighted by molar-refractivity contribution is -0.141. The normalized spacial score (nSPS) is 18.5. The lowest BCUT2D eigenvalue weighted by atomic mass is 9.89. The molecule has 1 aromatic carbocycles. The number of aromatic nitrogens is 2. The Hall–Kier alpha value is -3.25. The third kappa shape index (κ3) is 4.50. The first kappa shape index (κ1) is 22.0. The molecule has 1 fully saturated rings. The molecule has 0 radical (unpaired) electrons. The van der Waals surface area contributed by atoms with Crippen LogP contribution in [-0.2, 0) is 23.5 Å². The monoisotopic (exact) mass is 430 g/mol. The van der Waals surface area contributed by atoms with Gasteiger partial charge in [-0.3, -0.25) is 19.7 Å². The molecule has 6 heteroatoms. The molecule has 3 heterocycles. The van der Waals surface area contributed by atoms with Crippen LogP contribution < -0.4 is 4.74 Å². The maximum Gasteiger partial charge on any atom is 0.248 e. The minimum Gasteiger partial charge on any atom is -0.487 e. The highest BCUT2D eigenvalue weighted by molar-refractivity contribution is 5.87. The minimum atomic E-state index is -0.750. The fraction of sp³-hybridized carbons (Fsp3) is 0.346. The number of likely N-dealkylation sites (tertiary alicyclic amines) is 1. The van der Waals surface area contributed by atoms with E-state index in [-0.39, 0.29) is 5.91 Å². The molecule has 2 aromatic heterocycles. The molecule has 166 valence electrons. The fourth-order valence-corrected chi connectivity index (χ4v) is 4.47. The van der Waals surface area contributed by atoms with E-state index in [9.17, 15) is 4.79 Å². The highest BCUT2D eigenvalue weighted by Crippen LogP contribution is 2.40. The summed E-state index contributed by atoms with van der Waals surface area (Å²) in [5, 5.41) is 0. The van der Waals surface area contributed by atoms with Gasteiger partial charge in [-0.15, -0.1) is 0 Å². The van der Waals surface area contributed by atoms with Crippen molar-refractivity contribution in [2.24, 2.45) is 0 Å². The highest BCUT2D eigenvalue weighted by Gasteiger charge is 2.50. The van der Waals surface area contributed by atoms with Crippen molar-refractivity contribution in [3.63, 3.8) is 0 Å². The summed E-state index contributed by atoms with van der Waals surface area (Å²) in [6.45, 7) is 3.88. The quantitative estimate of drug-likeness (QED) is 0.568. The predicted octanol–water partition coefficient (Wildman–Crippen LogP) is 3.94. The smallest absolute Gasteiger partial charge is 0.248 e.